The van der Waals surface area contributed by atoms with Crippen LogP contribution in [-0.4, -0.2) is 31.5 Å². The molecule has 168 valence electrons. The molecule has 12 heteroatoms. The Kier molecular flexibility index (Phi) is 6.47. The first-order chi connectivity index (χ1) is 15.2. The van der Waals surface area contributed by atoms with Crippen molar-refractivity contribution in [3.8, 4) is 10.6 Å². The van der Waals surface area contributed by atoms with Gasteiger partial charge in [-0.15, -0.1) is 16.1 Å². The van der Waals surface area contributed by atoms with Crippen molar-refractivity contribution < 1.29 is 22.5 Å². The Labute approximate surface area is 188 Å². The second kappa shape index (κ2) is 9.14. The number of hydrogen-bond donors (Lipinski definition) is 2. The van der Waals surface area contributed by atoms with Gasteiger partial charge < -0.3 is 9.87 Å². The van der Waals surface area contributed by atoms with Gasteiger partial charge in [-0.1, -0.05) is 0 Å². The van der Waals surface area contributed by atoms with E-state index in [4.69, 9.17) is 0 Å². The zero-order chi connectivity index (χ0) is 22.9. The number of carbonyl (C=O) groups excluding carboxylic acids is 1. The summed E-state index contributed by atoms with van der Waals surface area (Å²) in [4.78, 5) is 25.1. The second-order valence-electron chi connectivity index (χ2n) is 7.28. The van der Waals surface area contributed by atoms with E-state index in [0.29, 0.717) is 21.0 Å². The number of aryl methyl sites for hydroxylation is 1. The van der Waals surface area contributed by atoms with Crippen molar-refractivity contribution in [1.29, 1.82) is 0 Å². The molecule has 2 N–H and O–H groups in total. The van der Waals surface area contributed by atoms with Crippen molar-refractivity contribution in [3.63, 3.8) is 0 Å². The van der Waals surface area contributed by atoms with Gasteiger partial charge in [0.15, 0.2) is 4.90 Å². The van der Waals surface area contributed by atoms with Gasteiger partial charge in [0.2, 0.25) is 5.82 Å². The topological polar surface area (TPSA) is 103 Å². The Morgan fingerprint density at radius 1 is 1.19 bits per heavy atom. The van der Waals surface area contributed by atoms with E-state index in [9.17, 15) is 22.5 Å². The number of nitrogens with one attached hydrogen (secondary N) is 2. The molecule has 4 rings (SSSR count). The molecule has 1 amide bonds. The number of alkyl halides is 3. The van der Waals surface area contributed by atoms with Crippen LogP contribution in [-0.2, 0) is 24.1 Å². The smallest absolute Gasteiger partial charge is 0.451 e. The van der Waals surface area contributed by atoms with Crippen LogP contribution in [0.5, 0.6) is 0 Å². The molecule has 3 aromatic rings. The number of halogens is 3. The molecule has 2 aromatic heterocycles. The second-order valence-corrected chi connectivity index (χ2v) is 9.76. The van der Waals surface area contributed by atoms with Gasteiger partial charge in [-0.3, -0.25) is 4.79 Å². The molecular weight excluding hydrogens is 463 g/mol. The van der Waals surface area contributed by atoms with Gasteiger partial charge in [-0.05, 0) is 25.8 Å². The normalized spacial score (nSPS) is 14.9. The summed E-state index contributed by atoms with van der Waals surface area (Å²) in [6.07, 6.45) is 1.04. The fourth-order valence-electron chi connectivity index (χ4n) is 2.75. The van der Waals surface area contributed by atoms with Crippen molar-refractivity contribution in [2.24, 2.45) is 0 Å². The molecular formula is C20H18F3N5O2S2. The molecule has 1 aliphatic carbocycles. The highest BCUT2D eigenvalue weighted by Gasteiger charge is 2.34. The van der Waals surface area contributed by atoms with Crippen LogP contribution in [0.25, 0.3) is 10.6 Å². The van der Waals surface area contributed by atoms with E-state index < -0.39 is 29.3 Å². The van der Waals surface area contributed by atoms with Gasteiger partial charge in [0.1, 0.15) is 5.01 Å². The number of rotatable bonds is 7. The Balaban J connectivity index is 1.53. The molecule has 0 bridgehead atoms. The van der Waals surface area contributed by atoms with Crippen molar-refractivity contribution in [2.75, 3.05) is 0 Å². The lowest BCUT2D eigenvalue weighted by Crippen LogP contribution is -2.27. The third kappa shape index (κ3) is 5.63. The summed E-state index contributed by atoms with van der Waals surface area (Å²) in [6, 6.07) is 5.13. The lowest BCUT2D eigenvalue weighted by atomic mass is 10.1. The van der Waals surface area contributed by atoms with Crippen molar-refractivity contribution in [1.82, 2.24) is 25.0 Å². The van der Waals surface area contributed by atoms with E-state index in [2.05, 4.69) is 25.0 Å². The molecule has 7 nitrogen and oxygen atoms in total. The van der Waals surface area contributed by atoms with E-state index in [1.165, 1.54) is 17.4 Å². The summed E-state index contributed by atoms with van der Waals surface area (Å²) >= 11 is -0.0351. The Hall–Kier alpha value is -2.54. The molecule has 1 atom stereocenters. The van der Waals surface area contributed by atoms with Crippen LogP contribution in [0.2, 0.25) is 0 Å². The lowest BCUT2D eigenvalue weighted by Gasteiger charge is -2.13. The molecule has 32 heavy (non-hydrogen) atoms. The first kappa shape index (κ1) is 22.6. The predicted molar refractivity (Wildman–Crippen MR) is 113 cm³/mol. The van der Waals surface area contributed by atoms with Gasteiger partial charge >= 0.3 is 6.18 Å². The summed E-state index contributed by atoms with van der Waals surface area (Å²) in [7, 11) is 0. The highest BCUT2D eigenvalue weighted by Crippen LogP contribution is 2.30. The molecule has 0 saturated heterocycles. The van der Waals surface area contributed by atoms with Gasteiger partial charge in [0.25, 0.3) is 5.91 Å². The molecule has 1 aliphatic rings. The zero-order valence-corrected chi connectivity index (χ0v) is 18.4. The predicted octanol–water partition coefficient (Wildman–Crippen LogP) is 3.63. The maximum Gasteiger partial charge on any atom is 0.451 e. The highest BCUT2D eigenvalue weighted by atomic mass is 32.2. The fraction of sp³-hybridized carbons (Fsp3) is 0.300. The third-order valence-electron chi connectivity index (χ3n) is 4.51. The minimum atomic E-state index is -4.63. The summed E-state index contributed by atoms with van der Waals surface area (Å²) < 4.78 is 53.5. The highest BCUT2D eigenvalue weighted by molar-refractivity contribution is 7.89. The molecule has 0 aliphatic heterocycles. The largest absolute Gasteiger partial charge is 0.593 e. The van der Waals surface area contributed by atoms with E-state index in [0.717, 1.165) is 30.1 Å². The van der Waals surface area contributed by atoms with Crippen molar-refractivity contribution in [2.45, 2.75) is 43.4 Å². The maximum atomic E-state index is 12.8. The number of benzene rings is 1. The number of thiazole rings is 1. The molecule has 1 aromatic carbocycles. The van der Waals surface area contributed by atoms with E-state index in [-0.39, 0.29) is 18.2 Å². The molecule has 2 heterocycles. The molecule has 0 spiro atoms. The van der Waals surface area contributed by atoms with Crippen LogP contribution >= 0.6 is 11.3 Å². The van der Waals surface area contributed by atoms with E-state index in [1.807, 2.05) is 6.92 Å². The summed E-state index contributed by atoms with van der Waals surface area (Å²) in [5.41, 5.74) is 1.25. The van der Waals surface area contributed by atoms with Gasteiger partial charge in [-0.25, -0.2) is 15.0 Å². The minimum absolute atomic E-state index is 0.0592. The van der Waals surface area contributed by atoms with Crippen LogP contribution in [0, 0.1) is 6.92 Å². The number of hydrogen-bond acceptors (Lipinski definition) is 7. The Bertz CT molecular complexity index is 1120. The standard InChI is InChI=1S/C20H18F3N5O2S2/c1-11-7-25-18(31-11)14-4-13(5-16(6-14)32(30)28-15-2-3-15)17(29)24-8-12-9-26-19(27-10-12)20(21,22)23/h4-7,9-10,15,28H,2-3,8H2,1H3,(H,24,29). The van der Waals surface area contributed by atoms with Crippen LogP contribution in [0.15, 0.2) is 41.7 Å². The third-order valence-corrected chi connectivity index (χ3v) is 6.69. The number of nitrogens with zero attached hydrogens (tertiary/aromatic N) is 3. The summed E-state index contributed by atoms with van der Waals surface area (Å²) in [5.74, 6) is -1.71. The van der Waals surface area contributed by atoms with Gasteiger partial charge in [-0.2, -0.15) is 13.2 Å². The van der Waals surface area contributed by atoms with Gasteiger partial charge in [0, 0.05) is 58.8 Å². The SMILES string of the molecule is Cc1cnc(-c2cc(C(=O)NCc3cnc(C(F)(F)F)nc3)cc([S+]([O-])NC3CC3)c2)s1. The Morgan fingerprint density at radius 3 is 2.50 bits per heavy atom. The maximum absolute atomic E-state index is 12.8. The van der Waals surface area contributed by atoms with Crippen molar-refractivity contribution >= 4 is 28.6 Å². The van der Waals surface area contributed by atoms with Crippen LogP contribution in [0.1, 0.15) is 39.5 Å². The van der Waals surface area contributed by atoms with E-state index >= 15 is 0 Å². The first-order valence-corrected chi connectivity index (χ1v) is 11.6. The Morgan fingerprint density at radius 2 is 1.91 bits per heavy atom. The average Bonchev–Trinajstić information content (AvgIpc) is 3.47. The molecule has 1 fully saturated rings. The van der Waals surface area contributed by atoms with Crippen LogP contribution in [0.4, 0.5) is 13.2 Å². The monoisotopic (exact) mass is 481 g/mol. The zero-order valence-electron chi connectivity index (χ0n) is 16.8. The van der Waals surface area contributed by atoms with Crippen LogP contribution < -0.4 is 10.0 Å². The van der Waals surface area contributed by atoms with Crippen LogP contribution in [0.3, 0.4) is 0 Å². The quantitative estimate of drug-likeness (QED) is 0.500. The number of carbonyl (C=O) groups is 1. The minimum Gasteiger partial charge on any atom is -0.593 e. The lowest BCUT2D eigenvalue weighted by molar-refractivity contribution is -0.145. The average molecular weight is 482 g/mol. The summed E-state index contributed by atoms with van der Waals surface area (Å²) in [5, 5.41) is 3.33. The molecule has 1 saturated carbocycles. The fourth-order valence-corrected chi connectivity index (χ4v) is 4.64. The molecule has 1 unspecified atom stereocenters. The number of amides is 1. The number of aromatic nitrogens is 3. The first-order valence-electron chi connectivity index (χ1n) is 9.61. The van der Waals surface area contributed by atoms with E-state index in [1.54, 1.807) is 18.3 Å². The van der Waals surface area contributed by atoms with Crippen molar-refractivity contribution in [3.05, 3.63) is 58.6 Å². The summed E-state index contributed by atoms with van der Waals surface area (Å²) in [6.45, 7) is 1.86. The van der Waals surface area contributed by atoms with Gasteiger partial charge in [0.05, 0.1) is 17.4 Å². The molecule has 0 radical (unpaired) electrons.